The summed E-state index contributed by atoms with van der Waals surface area (Å²) in [4.78, 5) is 0. The lowest BCUT2D eigenvalue weighted by Gasteiger charge is -2.04. The van der Waals surface area contributed by atoms with Gasteiger partial charge in [-0.3, -0.25) is 0 Å². The molecule has 0 N–H and O–H groups in total. The highest BCUT2D eigenvalue weighted by Crippen LogP contribution is 2.26. The Labute approximate surface area is 118 Å². The van der Waals surface area contributed by atoms with E-state index in [0.29, 0.717) is 5.76 Å². The van der Waals surface area contributed by atoms with Crippen LogP contribution < -0.4 is 0 Å². The van der Waals surface area contributed by atoms with Crippen LogP contribution in [-0.2, 0) is 6.42 Å². The molecule has 0 saturated carbocycles. The third-order valence-electron chi connectivity index (χ3n) is 3.45. The van der Waals surface area contributed by atoms with E-state index < -0.39 is 0 Å². The molecular weight excluding hydrogens is 246 g/mol. The first-order valence-electron chi connectivity index (χ1n) is 6.83. The first kappa shape index (κ1) is 12.5. The topological polar surface area (TPSA) is 36.9 Å². The van der Waals surface area contributed by atoms with Crippen molar-refractivity contribution in [1.82, 2.24) is 0 Å². The van der Waals surface area contributed by atoms with Crippen molar-refractivity contribution < 1.29 is 4.42 Å². The van der Waals surface area contributed by atoms with E-state index in [9.17, 15) is 0 Å². The van der Waals surface area contributed by atoms with Gasteiger partial charge in [-0.15, -0.1) is 0 Å². The van der Waals surface area contributed by atoms with Crippen LogP contribution in [0.25, 0.3) is 22.1 Å². The number of hydrogen-bond donors (Lipinski definition) is 0. The van der Waals surface area contributed by atoms with Crippen LogP contribution >= 0.6 is 0 Å². The number of aryl methyl sites for hydroxylation is 1. The Morgan fingerprint density at radius 1 is 1.00 bits per heavy atom. The predicted octanol–water partition coefficient (Wildman–Crippen LogP) is 4.92. The average Bonchev–Trinajstić information content (AvgIpc) is 2.90. The molecule has 0 aliphatic carbocycles. The minimum atomic E-state index is 0.357. The monoisotopic (exact) mass is 261 g/mol. The van der Waals surface area contributed by atoms with E-state index in [2.05, 4.69) is 37.3 Å². The van der Waals surface area contributed by atoms with Crippen LogP contribution in [0.3, 0.4) is 0 Å². The molecule has 1 heterocycles. The predicted molar refractivity (Wildman–Crippen MR) is 80.4 cm³/mol. The number of nitriles is 1. The maximum Gasteiger partial charge on any atom is 0.204 e. The van der Waals surface area contributed by atoms with E-state index in [-0.39, 0.29) is 0 Å². The molecule has 0 bridgehead atoms. The quantitative estimate of drug-likeness (QED) is 0.670. The zero-order chi connectivity index (χ0) is 13.9. The highest BCUT2D eigenvalue weighted by atomic mass is 16.3. The molecule has 2 heteroatoms. The van der Waals surface area contributed by atoms with Gasteiger partial charge in [0.1, 0.15) is 11.7 Å². The number of rotatable bonds is 3. The first-order chi connectivity index (χ1) is 9.80. The lowest BCUT2D eigenvalue weighted by Crippen LogP contribution is -1.83. The Morgan fingerprint density at radius 3 is 2.45 bits per heavy atom. The van der Waals surface area contributed by atoms with Crippen molar-refractivity contribution in [3.63, 3.8) is 0 Å². The van der Waals surface area contributed by atoms with Crippen molar-refractivity contribution in [1.29, 1.82) is 5.26 Å². The Hall–Kier alpha value is -2.53. The van der Waals surface area contributed by atoms with Crippen LogP contribution in [0.5, 0.6) is 0 Å². The largest absolute Gasteiger partial charge is 0.446 e. The number of nitrogens with zero attached hydrogens (tertiary/aromatic N) is 1. The second kappa shape index (κ2) is 5.22. The molecule has 20 heavy (non-hydrogen) atoms. The third kappa shape index (κ3) is 2.31. The lowest BCUT2D eigenvalue weighted by molar-refractivity contribution is 0.599. The SMILES string of the molecule is CCCc1ccc(-c2ccc3oc(C#N)cc3c2)cc1. The fourth-order valence-electron chi connectivity index (χ4n) is 2.43. The summed E-state index contributed by atoms with van der Waals surface area (Å²) in [7, 11) is 0. The van der Waals surface area contributed by atoms with Gasteiger partial charge in [-0.1, -0.05) is 43.7 Å². The summed E-state index contributed by atoms with van der Waals surface area (Å²) in [6.45, 7) is 2.19. The Bertz CT molecular complexity index is 775. The van der Waals surface area contributed by atoms with Gasteiger partial charge in [0.05, 0.1) is 0 Å². The maximum absolute atomic E-state index is 8.86. The van der Waals surface area contributed by atoms with Crippen molar-refractivity contribution in [2.24, 2.45) is 0 Å². The van der Waals surface area contributed by atoms with E-state index in [1.807, 2.05) is 18.2 Å². The molecule has 3 aromatic rings. The fourth-order valence-corrected chi connectivity index (χ4v) is 2.43. The molecule has 0 unspecified atom stereocenters. The van der Waals surface area contributed by atoms with Gasteiger partial charge in [0.25, 0.3) is 0 Å². The molecule has 1 aromatic heterocycles. The molecular formula is C18H15NO. The van der Waals surface area contributed by atoms with E-state index in [4.69, 9.17) is 9.68 Å². The number of hydrogen-bond acceptors (Lipinski definition) is 2. The smallest absolute Gasteiger partial charge is 0.204 e. The summed E-state index contributed by atoms with van der Waals surface area (Å²) < 4.78 is 5.40. The van der Waals surface area contributed by atoms with Gasteiger partial charge in [-0.05, 0) is 35.2 Å². The molecule has 0 aliphatic rings. The molecule has 0 saturated heterocycles. The molecule has 0 atom stereocenters. The summed E-state index contributed by atoms with van der Waals surface area (Å²) >= 11 is 0. The number of furan rings is 1. The standard InChI is InChI=1S/C18H15NO/c1-2-3-13-4-6-14(7-5-13)15-8-9-18-16(10-15)11-17(12-19)20-18/h4-11H,2-3H2,1H3. The summed E-state index contributed by atoms with van der Waals surface area (Å²) in [5.74, 6) is 0.357. The molecule has 98 valence electrons. The summed E-state index contributed by atoms with van der Waals surface area (Å²) in [6, 6.07) is 18.5. The van der Waals surface area contributed by atoms with Crippen LogP contribution in [0.2, 0.25) is 0 Å². The van der Waals surface area contributed by atoms with Gasteiger partial charge in [0.15, 0.2) is 0 Å². The summed E-state index contributed by atoms with van der Waals surface area (Å²) in [5.41, 5.74) is 4.46. The highest BCUT2D eigenvalue weighted by molar-refractivity contribution is 5.84. The second-order valence-electron chi connectivity index (χ2n) is 4.92. The van der Waals surface area contributed by atoms with E-state index in [1.54, 1.807) is 6.07 Å². The number of benzene rings is 2. The van der Waals surface area contributed by atoms with Gasteiger partial charge in [-0.2, -0.15) is 5.26 Å². The highest BCUT2D eigenvalue weighted by Gasteiger charge is 2.05. The van der Waals surface area contributed by atoms with Gasteiger partial charge in [-0.25, -0.2) is 0 Å². The van der Waals surface area contributed by atoms with Gasteiger partial charge in [0, 0.05) is 11.5 Å². The maximum atomic E-state index is 8.86. The number of fused-ring (bicyclic) bond motifs is 1. The van der Waals surface area contributed by atoms with Crippen LogP contribution in [0.15, 0.2) is 52.9 Å². The van der Waals surface area contributed by atoms with Crippen molar-refractivity contribution in [3.8, 4) is 17.2 Å². The molecule has 2 aromatic carbocycles. The van der Waals surface area contributed by atoms with Crippen LogP contribution in [0.1, 0.15) is 24.7 Å². The van der Waals surface area contributed by atoms with Gasteiger partial charge < -0.3 is 4.42 Å². The van der Waals surface area contributed by atoms with E-state index >= 15 is 0 Å². The van der Waals surface area contributed by atoms with Crippen LogP contribution in [0, 0.1) is 11.3 Å². The van der Waals surface area contributed by atoms with Crippen LogP contribution in [0.4, 0.5) is 0 Å². The third-order valence-corrected chi connectivity index (χ3v) is 3.45. The van der Waals surface area contributed by atoms with Crippen molar-refractivity contribution >= 4 is 11.0 Å². The zero-order valence-corrected chi connectivity index (χ0v) is 11.4. The first-order valence-corrected chi connectivity index (χ1v) is 6.83. The van der Waals surface area contributed by atoms with Gasteiger partial charge in [0.2, 0.25) is 5.76 Å². The lowest BCUT2D eigenvalue weighted by atomic mass is 10.0. The van der Waals surface area contributed by atoms with E-state index in [1.165, 1.54) is 11.1 Å². The van der Waals surface area contributed by atoms with E-state index in [0.717, 1.165) is 29.4 Å². The van der Waals surface area contributed by atoms with Crippen molar-refractivity contribution in [3.05, 3.63) is 59.9 Å². The molecule has 3 rings (SSSR count). The fraction of sp³-hybridized carbons (Fsp3) is 0.167. The Balaban J connectivity index is 1.98. The van der Waals surface area contributed by atoms with Crippen molar-refractivity contribution in [2.75, 3.05) is 0 Å². The minimum absolute atomic E-state index is 0.357. The molecule has 0 aliphatic heterocycles. The molecule has 0 spiro atoms. The van der Waals surface area contributed by atoms with Crippen molar-refractivity contribution in [2.45, 2.75) is 19.8 Å². The van der Waals surface area contributed by atoms with Gasteiger partial charge >= 0.3 is 0 Å². The molecule has 0 amide bonds. The minimum Gasteiger partial charge on any atom is -0.446 e. The molecule has 2 nitrogen and oxygen atoms in total. The molecule has 0 radical (unpaired) electrons. The summed E-state index contributed by atoms with van der Waals surface area (Å²) in [6.07, 6.45) is 2.28. The normalized spacial score (nSPS) is 10.6. The van der Waals surface area contributed by atoms with Crippen LogP contribution in [-0.4, -0.2) is 0 Å². The Morgan fingerprint density at radius 2 is 1.75 bits per heavy atom. The average molecular weight is 261 g/mol. The molecule has 0 fully saturated rings. The second-order valence-corrected chi connectivity index (χ2v) is 4.92. The Kier molecular flexibility index (Phi) is 3.26. The zero-order valence-electron chi connectivity index (χ0n) is 11.4. The summed E-state index contributed by atoms with van der Waals surface area (Å²) in [5, 5.41) is 9.83.